The molecule has 2 unspecified atom stereocenters. The van der Waals surface area contributed by atoms with Crippen LogP contribution in [0.1, 0.15) is 75.4 Å². The summed E-state index contributed by atoms with van der Waals surface area (Å²) in [7, 11) is 0. The predicted octanol–water partition coefficient (Wildman–Crippen LogP) is 6.79. The van der Waals surface area contributed by atoms with Crippen molar-refractivity contribution in [1.29, 1.82) is 0 Å². The topological polar surface area (TPSA) is 101 Å². The normalized spacial score (nSPS) is 18.1. The Kier molecular flexibility index (Phi) is 7.28. The molecule has 0 spiro atoms. The van der Waals surface area contributed by atoms with Crippen LogP contribution >= 0.6 is 0 Å². The van der Waals surface area contributed by atoms with E-state index in [-0.39, 0.29) is 36.3 Å². The summed E-state index contributed by atoms with van der Waals surface area (Å²) in [6, 6.07) is 15.9. The summed E-state index contributed by atoms with van der Waals surface area (Å²) in [5, 5.41) is 4.04. The molecule has 3 aliphatic rings. The van der Waals surface area contributed by atoms with Crippen LogP contribution in [0.2, 0.25) is 0 Å². The number of hydrogen-bond acceptors (Lipinski definition) is 6. The molecular weight excluding hydrogens is 609 g/mol. The van der Waals surface area contributed by atoms with E-state index in [1.807, 2.05) is 23.1 Å². The van der Waals surface area contributed by atoms with Gasteiger partial charge in [-0.25, -0.2) is 18.0 Å². The zero-order chi connectivity index (χ0) is 32.2. The lowest BCUT2D eigenvalue weighted by Crippen LogP contribution is -2.23. The first-order chi connectivity index (χ1) is 22.8. The van der Waals surface area contributed by atoms with E-state index in [9.17, 15) is 22.8 Å². The number of aromatic nitrogens is 3. The first kappa shape index (κ1) is 29.4. The zero-order valence-corrected chi connectivity index (χ0v) is 25.2. The van der Waals surface area contributed by atoms with Crippen LogP contribution in [0.5, 0.6) is 0 Å². The summed E-state index contributed by atoms with van der Waals surface area (Å²) < 4.78 is 51.9. The number of rotatable bonds is 8. The van der Waals surface area contributed by atoms with Gasteiger partial charge in [0.25, 0.3) is 5.91 Å². The Balaban J connectivity index is 1.22. The van der Waals surface area contributed by atoms with E-state index in [1.54, 1.807) is 12.1 Å². The van der Waals surface area contributed by atoms with Gasteiger partial charge in [-0.15, -0.1) is 0 Å². The summed E-state index contributed by atoms with van der Waals surface area (Å²) in [4.78, 5) is 35.9. The number of carbonyl (C=O) groups is 1. The maximum atomic E-state index is 14.0. The Hall–Kier alpha value is -5.03. The number of carbonyl (C=O) groups excluding carboxylic acids is 1. The molecule has 1 aliphatic carbocycles. The van der Waals surface area contributed by atoms with E-state index in [4.69, 9.17) is 14.2 Å². The molecule has 2 atom stereocenters. The molecule has 47 heavy (non-hydrogen) atoms. The Morgan fingerprint density at radius 3 is 2.51 bits per heavy atom. The summed E-state index contributed by atoms with van der Waals surface area (Å²) >= 11 is 0. The van der Waals surface area contributed by atoms with Gasteiger partial charge in [0.1, 0.15) is 5.82 Å². The van der Waals surface area contributed by atoms with Gasteiger partial charge < -0.3 is 9.64 Å². The maximum absolute atomic E-state index is 14.0. The number of pyridine rings is 1. The highest BCUT2D eigenvalue weighted by Crippen LogP contribution is 2.48. The monoisotopic (exact) mass is 638 g/mol. The number of aryl methyl sites for hydroxylation is 3. The Morgan fingerprint density at radius 1 is 0.894 bits per heavy atom. The van der Waals surface area contributed by atoms with Gasteiger partial charge in [0.2, 0.25) is 0 Å². The lowest BCUT2D eigenvalue weighted by atomic mass is 9.88. The Bertz CT molecular complexity index is 2090. The molecule has 5 aromatic rings. The molecule has 1 fully saturated rings. The number of halogens is 3. The second-order valence-electron chi connectivity index (χ2n) is 12.3. The van der Waals surface area contributed by atoms with Gasteiger partial charge in [-0.2, -0.15) is 0 Å². The number of aromatic amines is 1. The van der Waals surface area contributed by atoms with Crippen molar-refractivity contribution < 1.29 is 27.2 Å². The van der Waals surface area contributed by atoms with Crippen molar-refractivity contribution in [3.05, 3.63) is 128 Å². The zero-order valence-electron chi connectivity index (χ0n) is 25.2. The second kappa shape index (κ2) is 11.6. The van der Waals surface area contributed by atoms with E-state index in [0.717, 1.165) is 59.3 Å². The summed E-state index contributed by atoms with van der Waals surface area (Å²) in [5.74, 6) is -2.78. The molecule has 3 aromatic carbocycles. The first-order valence-electron chi connectivity index (χ1n) is 15.7. The van der Waals surface area contributed by atoms with Gasteiger partial charge in [-0.1, -0.05) is 41.6 Å². The standard InChI is InChI=1S/C36H29F3N4O4/c37-23-9-3-19(4-10-23)6-13-27-31(34-41-36(45)47-42-34)30(32-33(40-27)28-2-1-15-43(28)35(32)44)22-7-11-24-21(17-22)8-14-29(24)46-18-20-5-12-25(38)26(39)16-20/h3-5,7,9-12,16-17,28-29H,1-2,6,8,13-15,18H2,(H,41,42,45). The Labute approximate surface area is 267 Å². The number of nitrogens with zero attached hydrogens (tertiary/aromatic N) is 3. The van der Waals surface area contributed by atoms with E-state index in [0.29, 0.717) is 53.8 Å². The second-order valence-corrected chi connectivity index (χ2v) is 12.3. The highest BCUT2D eigenvalue weighted by Gasteiger charge is 2.44. The fraction of sp³-hybridized carbons (Fsp3) is 0.278. The molecular formula is C36H29F3N4O4. The molecule has 1 saturated heterocycles. The number of amides is 1. The summed E-state index contributed by atoms with van der Waals surface area (Å²) in [6.07, 6.45) is 3.88. The minimum atomic E-state index is -0.913. The molecule has 0 bridgehead atoms. The van der Waals surface area contributed by atoms with Crippen LogP contribution in [-0.4, -0.2) is 32.5 Å². The van der Waals surface area contributed by atoms with Crippen molar-refractivity contribution >= 4 is 5.91 Å². The van der Waals surface area contributed by atoms with E-state index in [1.165, 1.54) is 18.2 Å². The third-order valence-corrected chi connectivity index (χ3v) is 9.47. The van der Waals surface area contributed by atoms with Crippen LogP contribution in [0.15, 0.2) is 70.0 Å². The van der Waals surface area contributed by atoms with Crippen molar-refractivity contribution in [3.63, 3.8) is 0 Å². The lowest BCUT2D eigenvalue weighted by molar-refractivity contribution is 0.0409. The minimum Gasteiger partial charge on any atom is -0.369 e. The minimum absolute atomic E-state index is 0.101. The molecule has 2 aromatic heterocycles. The predicted molar refractivity (Wildman–Crippen MR) is 165 cm³/mol. The number of nitrogens with one attached hydrogen (secondary N) is 1. The molecule has 8 rings (SSSR count). The van der Waals surface area contributed by atoms with Crippen LogP contribution in [-0.2, 0) is 30.6 Å². The number of fused-ring (bicyclic) bond motifs is 4. The van der Waals surface area contributed by atoms with Crippen molar-refractivity contribution in [2.45, 2.75) is 57.3 Å². The van der Waals surface area contributed by atoms with Crippen LogP contribution in [0.3, 0.4) is 0 Å². The van der Waals surface area contributed by atoms with Crippen LogP contribution in [0.25, 0.3) is 22.5 Å². The molecule has 0 saturated carbocycles. The van der Waals surface area contributed by atoms with Crippen LogP contribution in [0.4, 0.5) is 13.2 Å². The average molecular weight is 639 g/mol. The fourth-order valence-corrected chi connectivity index (χ4v) is 7.26. The van der Waals surface area contributed by atoms with Crippen LogP contribution in [0, 0.1) is 17.5 Å². The van der Waals surface area contributed by atoms with Gasteiger partial charge in [-0.3, -0.25) is 19.3 Å². The average Bonchev–Trinajstić information content (AvgIpc) is 3.87. The quantitative estimate of drug-likeness (QED) is 0.201. The smallest absolute Gasteiger partial charge is 0.369 e. The van der Waals surface area contributed by atoms with E-state index >= 15 is 0 Å². The van der Waals surface area contributed by atoms with Crippen molar-refractivity contribution in [1.82, 2.24) is 20.0 Å². The van der Waals surface area contributed by atoms with E-state index < -0.39 is 17.4 Å². The lowest BCUT2D eigenvalue weighted by Gasteiger charge is -2.18. The number of hydrogen-bond donors (Lipinski definition) is 1. The molecule has 238 valence electrons. The third kappa shape index (κ3) is 5.24. The highest BCUT2D eigenvalue weighted by atomic mass is 19.2. The van der Waals surface area contributed by atoms with Gasteiger partial charge in [0, 0.05) is 12.1 Å². The Morgan fingerprint density at radius 2 is 1.72 bits per heavy atom. The van der Waals surface area contributed by atoms with Gasteiger partial charge in [-0.05, 0) is 90.6 Å². The first-order valence-corrected chi connectivity index (χ1v) is 15.7. The molecule has 8 nitrogen and oxygen atoms in total. The van der Waals surface area contributed by atoms with E-state index in [2.05, 4.69) is 10.1 Å². The maximum Gasteiger partial charge on any atom is 0.439 e. The molecule has 0 radical (unpaired) electrons. The molecule has 1 N–H and O–H groups in total. The number of benzene rings is 3. The number of ether oxygens (including phenoxy) is 1. The molecule has 1 amide bonds. The van der Waals surface area contributed by atoms with Gasteiger partial charge >= 0.3 is 5.76 Å². The SMILES string of the molecule is O=C1c2c(nc(CCc3ccc(F)cc3)c(-c3noc(=O)[nH]3)c2-c2ccc3c(c2)CCC3OCc2ccc(F)c(F)c2)C2CCCN12. The van der Waals surface area contributed by atoms with Gasteiger partial charge in [0.05, 0.1) is 41.3 Å². The van der Waals surface area contributed by atoms with Gasteiger partial charge in [0.15, 0.2) is 17.5 Å². The number of H-pyrrole nitrogens is 1. The van der Waals surface area contributed by atoms with Crippen LogP contribution < -0.4 is 5.76 Å². The highest BCUT2D eigenvalue weighted by molar-refractivity contribution is 6.08. The third-order valence-electron chi connectivity index (χ3n) is 9.47. The summed E-state index contributed by atoms with van der Waals surface area (Å²) in [6.45, 7) is 0.773. The van der Waals surface area contributed by atoms with Crippen molar-refractivity contribution in [2.24, 2.45) is 0 Å². The molecule has 4 heterocycles. The summed E-state index contributed by atoms with van der Waals surface area (Å²) in [5.41, 5.74) is 7.31. The molecule has 2 aliphatic heterocycles. The molecule has 11 heteroatoms. The largest absolute Gasteiger partial charge is 0.439 e. The van der Waals surface area contributed by atoms with Crippen molar-refractivity contribution in [2.75, 3.05) is 6.54 Å². The van der Waals surface area contributed by atoms with Crippen molar-refractivity contribution in [3.8, 4) is 22.5 Å². The fourth-order valence-electron chi connectivity index (χ4n) is 7.26.